The Bertz CT molecular complexity index is 535. The summed E-state index contributed by atoms with van der Waals surface area (Å²) in [5.74, 6) is 0.560. The van der Waals surface area contributed by atoms with Gasteiger partial charge in [-0.25, -0.2) is 4.98 Å². The second-order valence-electron chi connectivity index (χ2n) is 5.77. The van der Waals surface area contributed by atoms with Crippen molar-refractivity contribution >= 4 is 0 Å². The lowest BCUT2D eigenvalue weighted by Gasteiger charge is -2.25. The van der Waals surface area contributed by atoms with Gasteiger partial charge >= 0.3 is 0 Å². The van der Waals surface area contributed by atoms with Gasteiger partial charge in [0.05, 0.1) is 23.8 Å². The van der Waals surface area contributed by atoms with E-state index in [2.05, 4.69) is 66.8 Å². The summed E-state index contributed by atoms with van der Waals surface area (Å²) in [4.78, 5) is 4.29. The first kappa shape index (κ1) is 13.8. The number of rotatable bonds is 4. The molecule has 19 heavy (non-hydrogen) atoms. The number of nitrogens with one attached hydrogen (secondary N) is 1. The molecule has 0 saturated heterocycles. The minimum absolute atomic E-state index is 0.104. The average molecular weight is 257 g/mol. The maximum atomic E-state index is 4.29. The molecule has 0 aliphatic heterocycles. The average Bonchev–Trinajstić information content (AvgIpc) is 2.89. The summed E-state index contributed by atoms with van der Waals surface area (Å²) >= 11 is 0. The molecule has 0 saturated carbocycles. The molecule has 2 rings (SSSR count). The Morgan fingerprint density at radius 2 is 1.79 bits per heavy atom. The van der Waals surface area contributed by atoms with Gasteiger partial charge in [-0.3, -0.25) is 0 Å². The van der Waals surface area contributed by atoms with E-state index >= 15 is 0 Å². The Hall–Kier alpha value is -1.61. The molecule has 0 atom stereocenters. The summed E-state index contributed by atoms with van der Waals surface area (Å²) in [5, 5.41) is 3.32. The first-order valence-corrected chi connectivity index (χ1v) is 6.78. The predicted molar refractivity (Wildman–Crippen MR) is 79.7 cm³/mol. The lowest BCUT2D eigenvalue weighted by atomic mass is 10.0. The molecule has 0 radical (unpaired) electrons. The maximum Gasteiger partial charge on any atom is 0.0994 e. The zero-order valence-electron chi connectivity index (χ0n) is 12.4. The van der Waals surface area contributed by atoms with Crippen LogP contribution in [0.3, 0.4) is 0 Å². The van der Waals surface area contributed by atoms with Crippen molar-refractivity contribution in [2.45, 2.75) is 39.2 Å². The molecular formula is C16H23N3. The van der Waals surface area contributed by atoms with Crippen LogP contribution in [0.1, 0.15) is 44.9 Å². The number of benzene rings is 1. The molecule has 0 fully saturated rings. The van der Waals surface area contributed by atoms with Crippen LogP contribution in [0.4, 0.5) is 0 Å². The molecule has 0 aliphatic carbocycles. The van der Waals surface area contributed by atoms with Crippen molar-refractivity contribution in [3.8, 4) is 5.69 Å². The van der Waals surface area contributed by atoms with Crippen LogP contribution in [-0.2, 0) is 5.54 Å². The third-order valence-corrected chi connectivity index (χ3v) is 3.74. The van der Waals surface area contributed by atoms with Crippen molar-refractivity contribution in [3.05, 3.63) is 48.0 Å². The minimum Gasteiger partial charge on any atom is -0.310 e. The highest BCUT2D eigenvalue weighted by atomic mass is 15.1. The quantitative estimate of drug-likeness (QED) is 0.909. The van der Waals surface area contributed by atoms with Crippen LogP contribution < -0.4 is 5.32 Å². The van der Waals surface area contributed by atoms with Gasteiger partial charge in [0.15, 0.2) is 0 Å². The van der Waals surface area contributed by atoms with Gasteiger partial charge in [0, 0.05) is 5.69 Å². The van der Waals surface area contributed by atoms with Crippen LogP contribution in [0.5, 0.6) is 0 Å². The van der Waals surface area contributed by atoms with E-state index in [4.69, 9.17) is 0 Å². The summed E-state index contributed by atoms with van der Waals surface area (Å²) in [5.41, 5.74) is 3.57. The van der Waals surface area contributed by atoms with Crippen molar-refractivity contribution < 1.29 is 0 Å². The van der Waals surface area contributed by atoms with Crippen molar-refractivity contribution in [1.29, 1.82) is 0 Å². The van der Waals surface area contributed by atoms with Crippen molar-refractivity contribution in [3.63, 3.8) is 0 Å². The van der Waals surface area contributed by atoms with E-state index in [9.17, 15) is 0 Å². The minimum atomic E-state index is -0.104. The predicted octanol–water partition coefficient (Wildman–Crippen LogP) is 3.45. The highest BCUT2D eigenvalue weighted by molar-refractivity contribution is 5.38. The number of hydrogen-bond acceptors (Lipinski definition) is 2. The van der Waals surface area contributed by atoms with Gasteiger partial charge in [-0.15, -0.1) is 0 Å². The fourth-order valence-corrected chi connectivity index (χ4v) is 2.11. The van der Waals surface area contributed by atoms with Gasteiger partial charge in [-0.2, -0.15) is 0 Å². The van der Waals surface area contributed by atoms with E-state index in [0.717, 1.165) is 11.4 Å². The smallest absolute Gasteiger partial charge is 0.0994 e. The molecule has 1 aromatic carbocycles. The van der Waals surface area contributed by atoms with E-state index in [0.29, 0.717) is 5.92 Å². The number of aromatic nitrogens is 2. The topological polar surface area (TPSA) is 29.9 Å². The van der Waals surface area contributed by atoms with E-state index < -0.39 is 0 Å². The zero-order chi connectivity index (χ0) is 14.0. The lowest BCUT2D eigenvalue weighted by molar-refractivity contribution is 0.425. The summed E-state index contributed by atoms with van der Waals surface area (Å²) in [7, 11) is 1.97. The van der Waals surface area contributed by atoms with Crippen LogP contribution in [0, 0.1) is 0 Å². The molecule has 2 aromatic rings. The second-order valence-corrected chi connectivity index (χ2v) is 5.77. The standard InChI is InChI=1S/C16H23N3/c1-12(2)13-6-8-14(9-7-13)19-11-18-10-15(19)16(3,4)17-5/h6-12,17H,1-5H3. The lowest BCUT2D eigenvalue weighted by Crippen LogP contribution is -2.35. The third-order valence-electron chi connectivity index (χ3n) is 3.74. The fourth-order valence-electron chi connectivity index (χ4n) is 2.11. The molecule has 3 heteroatoms. The van der Waals surface area contributed by atoms with E-state index in [1.807, 2.05) is 19.6 Å². The molecule has 1 aromatic heterocycles. The molecule has 1 N–H and O–H groups in total. The van der Waals surface area contributed by atoms with Crippen LogP contribution in [-0.4, -0.2) is 16.6 Å². The zero-order valence-corrected chi connectivity index (χ0v) is 12.4. The largest absolute Gasteiger partial charge is 0.310 e. The molecule has 0 spiro atoms. The van der Waals surface area contributed by atoms with Gasteiger partial charge in [-0.05, 0) is 44.5 Å². The van der Waals surface area contributed by atoms with Gasteiger partial charge in [0.1, 0.15) is 0 Å². The Balaban J connectivity index is 2.40. The second kappa shape index (κ2) is 5.17. The first-order chi connectivity index (χ1) is 8.95. The Morgan fingerprint density at radius 1 is 1.16 bits per heavy atom. The van der Waals surface area contributed by atoms with Crippen LogP contribution in [0.25, 0.3) is 5.69 Å². The van der Waals surface area contributed by atoms with Gasteiger partial charge in [0.25, 0.3) is 0 Å². The summed E-state index contributed by atoms with van der Waals surface area (Å²) < 4.78 is 2.14. The molecule has 0 unspecified atom stereocenters. The van der Waals surface area contributed by atoms with E-state index in [-0.39, 0.29) is 5.54 Å². The number of hydrogen-bond donors (Lipinski definition) is 1. The summed E-state index contributed by atoms with van der Waals surface area (Å²) in [6.07, 6.45) is 3.80. The van der Waals surface area contributed by atoms with Crippen LogP contribution >= 0.6 is 0 Å². The van der Waals surface area contributed by atoms with E-state index in [1.165, 1.54) is 5.56 Å². The molecule has 1 heterocycles. The van der Waals surface area contributed by atoms with Gasteiger partial charge in [-0.1, -0.05) is 26.0 Å². The number of imidazole rings is 1. The maximum absolute atomic E-state index is 4.29. The molecule has 102 valence electrons. The van der Waals surface area contributed by atoms with E-state index in [1.54, 1.807) is 0 Å². The monoisotopic (exact) mass is 257 g/mol. The van der Waals surface area contributed by atoms with Crippen LogP contribution in [0.2, 0.25) is 0 Å². The Morgan fingerprint density at radius 3 is 2.32 bits per heavy atom. The highest BCUT2D eigenvalue weighted by Crippen LogP contribution is 2.23. The SMILES string of the molecule is CNC(C)(C)c1cncn1-c1ccc(C(C)C)cc1. The normalized spacial score (nSPS) is 12.1. The number of nitrogens with zero attached hydrogens (tertiary/aromatic N) is 2. The van der Waals surface area contributed by atoms with Crippen molar-refractivity contribution in [2.24, 2.45) is 0 Å². The fraction of sp³-hybridized carbons (Fsp3) is 0.438. The third kappa shape index (κ3) is 2.71. The highest BCUT2D eigenvalue weighted by Gasteiger charge is 2.22. The van der Waals surface area contributed by atoms with Crippen molar-refractivity contribution in [2.75, 3.05) is 7.05 Å². The molecule has 0 aliphatic rings. The van der Waals surface area contributed by atoms with Crippen molar-refractivity contribution in [1.82, 2.24) is 14.9 Å². The summed E-state index contributed by atoms with van der Waals surface area (Å²) in [6.45, 7) is 8.73. The van der Waals surface area contributed by atoms with Gasteiger partial charge < -0.3 is 9.88 Å². The first-order valence-electron chi connectivity index (χ1n) is 6.78. The summed E-state index contributed by atoms with van der Waals surface area (Å²) in [6, 6.07) is 8.70. The molecule has 3 nitrogen and oxygen atoms in total. The molecule has 0 amide bonds. The van der Waals surface area contributed by atoms with Crippen LogP contribution in [0.15, 0.2) is 36.8 Å². The Labute approximate surface area is 115 Å². The van der Waals surface area contributed by atoms with Gasteiger partial charge in [0.2, 0.25) is 0 Å². The Kier molecular flexibility index (Phi) is 3.76. The molecule has 0 bridgehead atoms. The molecular weight excluding hydrogens is 234 g/mol.